The van der Waals surface area contributed by atoms with Gasteiger partial charge in [0.15, 0.2) is 0 Å². The third-order valence-electron chi connectivity index (χ3n) is 4.31. The van der Waals surface area contributed by atoms with Gasteiger partial charge >= 0.3 is 6.36 Å². The van der Waals surface area contributed by atoms with Gasteiger partial charge in [0.1, 0.15) is 18.1 Å². The number of hydrogen-bond donors (Lipinski definition) is 3. The van der Waals surface area contributed by atoms with Gasteiger partial charge in [0.05, 0.1) is 26.4 Å². The highest BCUT2D eigenvalue weighted by Gasteiger charge is 2.31. The highest BCUT2D eigenvalue weighted by atomic mass is 35.5. The number of ether oxygens (including phenoxy) is 2. The Bertz CT molecular complexity index is 958. The number of hydrogen-bond acceptors (Lipinski definition) is 7. The minimum absolute atomic E-state index is 0.118. The Balaban J connectivity index is 2.18. The predicted molar refractivity (Wildman–Crippen MR) is 123 cm³/mol. The summed E-state index contributed by atoms with van der Waals surface area (Å²) >= 11 is 5.96. The van der Waals surface area contributed by atoms with Gasteiger partial charge in [-0.15, -0.1) is 13.2 Å². The molecule has 2 rings (SSSR count). The first kappa shape index (κ1) is 28.2. The summed E-state index contributed by atoms with van der Waals surface area (Å²) in [5.74, 6) is -0.857. The zero-order valence-corrected chi connectivity index (χ0v) is 19.7. The zero-order valence-electron chi connectivity index (χ0n) is 19.0. The lowest BCUT2D eigenvalue weighted by Crippen LogP contribution is -2.37. The van der Waals surface area contributed by atoms with Crippen LogP contribution in [0.4, 0.5) is 13.2 Å². The van der Waals surface area contributed by atoms with Crippen molar-refractivity contribution in [1.82, 2.24) is 15.7 Å². The fourth-order valence-corrected chi connectivity index (χ4v) is 2.95. The van der Waals surface area contributed by atoms with E-state index in [-0.39, 0.29) is 51.0 Å². The molecule has 0 bridgehead atoms. The van der Waals surface area contributed by atoms with Gasteiger partial charge in [-0.2, -0.15) is 0 Å². The molecule has 0 spiro atoms. The van der Waals surface area contributed by atoms with E-state index in [2.05, 4.69) is 15.4 Å². The average Bonchev–Trinajstić information content (AvgIpc) is 2.80. The Kier molecular flexibility index (Phi) is 11.6. The van der Waals surface area contributed by atoms with Gasteiger partial charge in [-0.05, 0) is 35.4 Å². The summed E-state index contributed by atoms with van der Waals surface area (Å²) in [7, 11) is 1.61. The number of halogens is 4. The fourth-order valence-electron chi connectivity index (χ4n) is 2.82. The summed E-state index contributed by atoms with van der Waals surface area (Å²) in [6.45, 7) is 0.401. The van der Waals surface area contributed by atoms with E-state index in [1.54, 1.807) is 37.4 Å². The molecular weight excluding hydrogens is 491 g/mol. The highest BCUT2D eigenvalue weighted by Crippen LogP contribution is 2.24. The van der Waals surface area contributed by atoms with Crippen LogP contribution in [0.25, 0.3) is 0 Å². The number of alkyl halides is 3. The molecule has 0 aliphatic rings. The minimum atomic E-state index is -4.82. The summed E-state index contributed by atoms with van der Waals surface area (Å²) in [4.78, 5) is 18.7. The van der Waals surface area contributed by atoms with E-state index in [0.717, 1.165) is 5.56 Å². The molecule has 0 aliphatic carbocycles. The molecule has 0 radical (unpaired) electrons. The Morgan fingerprint density at radius 1 is 1.14 bits per heavy atom. The lowest BCUT2D eigenvalue weighted by atomic mass is 10.2. The number of nitrogens with zero attached hydrogens (tertiary/aromatic N) is 1. The van der Waals surface area contributed by atoms with Crippen LogP contribution in [0.5, 0.6) is 5.75 Å². The Labute approximate surface area is 206 Å². The zero-order chi connectivity index (χ0) is 25.7. The topological polar surface area (TPSA) is 92.3 Å². The molecule has 35 heavy (non-hydrogen) atoms. The molecule has 0 unspecified atom stereocenters. The molecule has 12 heteroatoms. The maximum Gasteiger partial charge on any atom is 0.573 e. The predicted octanol–water partition coefficient (Wildman–Crippen LogP) is 3.36. The van der Waals surface area contributed by atoms with Crippen LogP contribution in [0, 0.1) is 0 Å². The molecule has 3 N–H and O–H groups in total. The summed E-state index contributed by atoms with van der Waals surface area (Å²) < 4.78 is 46.8. The number of carbonyl (C=O) groups is 1. The number of hydroxylamine groups is 2. The molecule has 2 aromatic rings. The third-order valence-corrected chi connectivity index (χ3v) is 4.56. The fraction of sp³-hybridized carbons (Fsp3) is 0.348. The van der Waals surface area contributed by atoms with Gasteiger partial charge in [0, 0.05) is 24.8 Å². The normalized spacial score (nSPS) is 11.8. The van der Waals surface area contributed by atoms with E-state index in [1.165, 1.54) is 29.5 Å². The Hall–Kier alpha value is -2.99. The largest absolute Gasteiger partial charge is 0.573 e. The summed E-state index contributed by atoms with van der Waals surface area (Å²) in [6.07, 6.45) is -3.38. The maximum atomic E-state index is 12.9. The van der Waals surface area contributed by atoms with Gasteiger partial charge in [0.2, 0.25) is 0 Å². The van der Waals surface area contributed by atoms with Crippen molar-refractivity contribution in [2.75, 3.05) is 33.4 Å². The van der Waals surface area contributed by atoms with Gasteiger partial charge in [0.25, 0.3) is 5.91 Å². The lowest BCUT2D eigenvalue weighted by molar-refractivity contribution is -0.274. The van der Waals surface area contributed by atoms with Crippen LogP contribution in [-0.2, 0) is 27.5 Å². The van der Waals surface area contributed by atoms with E-state index >= 15 is 0 Å². The molecular formula is C23H27ClF3N3O5. The van der Waals surface area contributed by atoms with Crippen molar-refractivity contribution in [1.29, 1.82) is 0 Å². The molecule has 0 atom stereocenters. The minimum Gasteiger partial charge on any atom is -0.406 e. The van der Waals surface area contributed by atoms with Gasteiger partial charge in [-0.1, -0.05) is 35.9 Å². The number of amides is 1. The first-order chi connectivity index (χ1) is 16.7. The van der Waals surface area contributed by atoms with E-state index in [9.17, 15) is 18.0 Å². The van der Waals surface area contributed by atoms with Gasteiger partial charge in [-0.3, -0.25) is 9.63 Å². The van der Waals surface area contributed by atoms with Crippen LogP contribution in [0.3, 0.4) is 0 Å². The van der Waals surface area contributed by atoms with Crippen molar-refractivity contribution in [2.45, 2.75) is 19.5 Å². The average molecular weight is 518 g/mol. The number of benzene rings is 2. The van der Waals surface area contributed by atoms with Crippen molar-refractivity contribution < 1.29 is 37.4 Å². The van der Waals surface area contributed by atoms with Crippen molar-refractivity contribution in [3.8, 4) is 5.75 Å². The molecule has 0 heterocycles. The molecule has 0 aliphatic heterocycles. The van der Waals surface area contributed by atoms with Crippen molar-refractivity contribution in [3.05, 3.63) is 76.6 Å². The summed E-state index contributed by atoms with van der Waals surface area (Å²) in [5.41, 5.74) is 1.28. The molecule has 2 aromatic carbocycles. The molecule has 1 amide bonds. The highest BCUT2D eigenvalue weighted by molar-refractivity contribution is 6.30. The number of aliphatic hydroxyl groups excluding tert-OH is 1. The van der Waals surface area contributed by atoms with E-state index in [1.807, 2.05) is 0 Å². The molecule has 0 saturated heterocycles. The second kappa shape index (κ2) is 14.4. The van der Waals surface area contributed by atoms with E-state index in [0.29, 0.717) is 10.6 Å². The van der Waals surface area contributed by atoms with Gasteiger partial charge < -0.3 is 25.2 Å². The number of nitrogens with one attached hydrogen (secondary N) is 2. The SMILES string of the molecule is CN/C=C(/C(=O)NCCOCCO)N(Cc1ccc(Cl)cc1)OCc1cccc(OC(F)(F)F)c1. The molecule has 8 nitrogen and oxygen atoms in total. The first-order valence-corrected chi connectivity index (χ1v) is 10.9. The number of rotatable bonds is 14. The van der Waals surface area contributed by atoms with Crippen LogP contribution in [0.1, 0.15) is 11.1 Å². The first-order valence-electron chi connectivity index (χ1n) is 10.6. The molecule has 0 aromatic heterocycles. The Morgan fingerprint density at radius 2 is 1.89 bits per heavy atom. The molecule has 0 saturated carbocycles. The van der Waals surface area contributed by atoms with Crippen LogP contribution in [0.15, 0.2) is 60.4 Å². The van der Waals surface area contributed by atoms with Gasteiger partial charge in [-0.25, -0.2) is 5.06 Å². The Morgan fingerprint density at radius 3 is 2.54 bits per heavy atom. The number of aliphatic hydroxyl groups is 1. The van der Waals surface area contributed by atoms with Crippen LogP contribution < -0.4 is 15.4 Å². The standard InChI is InChI=1S/C23H27ClF3N3O5/c1-28-14-21(22(32)29-9-11-33-12-10-31)30(15-17-5-7-19(24)8-6-17)34-16-18-3-2-4-20(13-18)35-23(25,26)27/h2-8,13-14,28,31H,9-12,15-16H2,1H3,(H,29,32)/b21-14-. The van der Waals surface area contributed by atoms with Crippen molar-refractivity contribution >= 4 is 17.5 Å². The second-order valence-corrected chi connectivity index (χ2v) is 7.48. The molecule has 192 valence electrons. The second-order valence-electron chi connectivity index (χ2n) is 7.04. The molecule has 0 fully saturated rings. The van der Waals surface area contributed by atoms with Crippen LogP contribution in [0.2, 0.25) is 5.02 Å². The quantitative estimate of drug-likeness (QED) is 0.201. The smallest absolute Gasteiger partial charge is 0.406 e. The van der Waals surface area contributed by atoms with E-state index < -0.39 is 12.3 Å². The number of carbonyl (C=O) groups excluding carboxylic acids is 1. The van der Waals surface area contributed by atoms with E-state index in [4.69, 9.17) is 26.3 Å². The summed E-state index contributed by atoms with van der Waals surface area (Å²) in [6, 6.07) is 12.3. The van der Waals surface area contributed by atoms with Crippen molar-refractivity contribution in [3.63, 3.8) is 0 Å². The lowest BCUT2D eigenvalue weighted by Gasteiger charge is -2.26. The monoisotopic (exact) mass is 517 g/mol. The van der Waals surface area contributed by atoms with Crippen LogP contribution >= 0.6 is 11.6 Å². The maximum absolute atomic E-state index is 12.9. The third kappa shape index (κ3) is 10.9. The van der Waals surface area contributed by atoms with Crippen molar-refractivity contribution in [2.24, 2.45) is 0 Å². The van der Waals surface area contributed by atoms with Crippen LogP contribution in [-0.4, -0.2) is 55.9 Å². The summed E-state index contributed by atoms with van der Waals surface area (Å²) in [5, 5.41) is 16.1.